The molecule has 2 aromatic carbocycles. The van der Waals surface area contributed by atoms with Crippen molar-refractivity contribution in [3.8, 4) is 5.75 Å². The molecule has 132 valence electrons. The minimum Gasteiger partial charge on any atom is -0.497 e. The number of amides is 1. The number of anilines is 1. The molecule has 1 N–H and O–H groups in total. The van der Waals surface area contributed by atoms with Crippen LogP contribution < -0.4 is 9.64 Å². The van der Waals surface area contributed by atoms with Gasteiger partial charge in [-0.2, -0.15) is 0 Å². The van der Waals surface area contributed by atoms with E-state index in [1.807, 2.05) is 48.5 Å². The fourth-order valence-corrected chi connectivity index (χ4v) is 4.34. The van der Waals surface area contributed by atoms with Crippen molar-refractivity contribution < 1.29 is 14.6 Å². The first kappa shape index (κ1) is 18.1. The summed E-state index contributed by atoms with van der Waals surface area (Å²) >= 11 is 7.32. The van der Waals surface area contributed by atoms with Crippen LogP contribution in [0.2, 0.25) is 0 Å². The predicted molar refractivity (Wildman–Crippen MR) is 102 cm³/mol. The van der Waals surface area contributed by atoms with Gasteiger partial charge in [0.15, 0.2) is 0 Å². The summed E-state index contributed by atoms with van der Waals surface area (Å²) in [6.07, 6.45) is -0.439. The molecule has 6 heteroatoms. The molecule has 2 aromatic rings. The molecule has 3 rings (SSSR count). The normalized spacial score (nSPS) is 19.9. The molecule has 1 amide bonds. The average Bonchev–Trinajstić information content (AvgIpc) is 2.79. The lowest BCUT2D eigenvalue weighted by Gasteiger charge is -2.25. The van der Waals surface area contributed by atoms with Crippen LogP contribution in [0, 0.1) is 0 Å². The molecule has 1 heterocycles. The molecular weight excluding hydrogens is 358 g/mol. The van der Waals surface area contributed by atoms with Gasteiger partial charge in [0.1, 0.15) is 5.75 Å². The Morgan fingerprint density at radius 3 is 2.68 bits per heavy atom. The summed E-state index contributed by atoms with van der Waals surface area (Å²) in [5, 5.41) is 10.6. The van der Waals surface area contributed by atoms with Gasteiger partial charge in [-0.05, 0) is 29.8 Å². The SMILES string of the molecule is COc1ccc([C@@H]2Sc3ccccc3N(C(=O)CCCl)C[C@@H]2O)cc1. The lowest BCUT2D eigenvalue weighted by atomic mass is 10.1. The molecule has 0 saturated carbocycles. The summed E-state index contributed by atoms with van der Waals surface area (Å²) in [7, 11) is 1.63. The predicted octanol–water partition coefficient (Wildman–Crippen LogP) is 3.87. The van der Waals surface area contributed by atoms with E-state index in [0.717, 1.165) is 21.9 Å². The van der Waals surface area contributed by atoms with Crippen LogP contribution in [0.1, 0.15) is 17.2 Å². The van der Waals surface area contributed by atoms with E-state index in [2.05, 4.69) is 0 Å². The molecule has 0 unspecified atom stereocenters. The number of nitrogens with zero attached hydrogens (tertiary/aromatic N) is 1. The third-order valence-electron chi connectivity index (χ3n) is 4.18. The Labute approximate surface area is 156 Å². The number of aliphatic hydroxyl groups is 1. The number of β-amino-alcohol motifs (C(OH)–C–C–N with tert-alkyl or cyclic N) is 1. The summed E-state index contributed by atoms with van der Waals surface area (Å²) in [6.45, 7) is 0.246. The largest absolute Gasteiger partial charge is 0.497 e. The van der Waals surface area contributed by atoms with E-state index in [9.17, 15) is 9.90 Å². The van der Waals surface area contributed by atoms with Crippen molar-refractivity contribution in [1.29, 1.82) is 0 Å². The molecule has 1 aliphatic heterocycles. The Bertz CT molecular complexity index is 738. The van der Waals surface area contributed by atoms with E-state index in [4.69, 9.17) is 16.3 Å². The Morgan fingerprint density at radius 2 is 2.00 bits per heavy atom. The lowest BCUT2D eigenvalue weighted by molar-refractivity contribution is -0.118. The van der Waals surface area contributed by atoms with Crippen molar-refractivity contribution >= 4 is 35.0 Å². The first-order valence-corrected chi connectivity index (χ1v) is 9.49. The minimum absolute atomic E-state index is 0.0718. The standard InChI is InChI=1S/C19H20ClNO3S/c1-24-14-8-6-13(7-9-14)19-16(22)12-21(18(23)10-11-20)15-4-2-3-5-17(15)25-19/h2-9,16,19,22H,10-12H2,1H3/t16-,19-/m0/s1. The van der Waals surface area contributed by atoms with Gasteiger partial charge in [0, 0.05) is 17.2 Å². The fourth-order valence-electron chi connectivity index (χ4n) is 2.91. The smallest absolute Gasteiger partial charge is 0.228 e. The highest BCUT2D eigenvalue weighted by Crippen LogP contribution is 2.45. The molecule has 0 fully saturated rings. The Hall–Kier alpha value is -1.69. The highest BCUT2D eigenvalue weighted by Gasteiger charge is 2.32. The fraction of sp³-hybridized carbons (Fsp3) is 0.316. The van der Waals surface area contributed by atoms with Crippen LogP contribution in [-0.2, 0) is 4.79 Å². The first-order valence-electron chi connectivity index (χ1n) is 8.08. The zero-order valence-corrected chi connectivity index (χ0v) is 15.5. The average molecular weight is 378 g/mol. The van der Waals surface area contributed by atoms with Crippen molar-refractivity contribution in [3.63, 3.8) is 0 Å². The number of para-hydroxylation sites is 1. The zero-order chi connectivity index (χ0) is 17.8. The second kappa shape index (κ2) is 8.13. The van der Waals surface area contributed by atoms with E-state index in [-0.39, 0.29) is 30.0 Å². The third-order valence-corrected chi connectivity index (χ3v) is 5.81. The van der Waals surface area contributed by atoms with E-state index < -0.39 is 6.10 Å². The molecule has 25 heavy (non-hydrogen) atoms. The van der Waals surface area contributed by atoms with Gasteiger partial charge in [-0.1, -0.05) is 24.3 Å². The molecular formula is C19H20ClNO3S. The van der Waals surface area contributed by atoms with Gasteiger partial charge in [0.25, 0.3) is 0 Å². The Kier molecular flexibility index (Phi) is 5.89. The van der Waals surface area contributed by atoms with Crippen LogP contribution in [-0.4, -0.2) is 36.7 Å². The number of hydrogen-bond donors (Lipinski definition) is 1. The number of aliphatic hydroxyl groups excluding tert-OH is 1. The lowest BCUT2D eigenvalue weighted by Crippen LogP contribution is -2.38. The van der Waals surface area contributed by atoms with Crippen molar-refractivity contribution in [2.24, 2.45) is 0 Å². The highest BCUT2D eigenvalue weighted by atomic mass is 35.5. The van der Waals surface area contributed by atoms with E-state index in [1.54, 1.807) is 23.8 Å². The number of halogens is 1. The minimum atomic E-state index is -0.690. The van der Waals surface area contributed by atoms with Gasteiger partial charge in [0.2, 0.25) is 5.91 Å². The van der Waals surface area contributed by atoms with Crippen LogP contribution in [0.15, 0.2) is 53.4 Å². The molecule has 4 nitrogen and oxygen atoms in total. The number of thioether (sulfide) groups is 1. The summed E-state index contributed by atoms with van der Waals surface area (Å²) in [5.74, 6) is 0.969. The van der Waals surface area contributed by atoms with Gasteiger partial charge < -0.3 is 14.7 Å². The van der Waals surface area contributed by atoms with Gasteiger partial charge in [-0.15, -0.1) is 23.4 Å². The van der Waals surface area contributed by atoms with Crippen LogP contribution >= 0.6 is 23.4 Å². The number of hydrogen-bond acceptors (Lipinski definition) is 4. The molecule has 0 aliphatic carbocycles. The maximum Gasteiger partial charge on any atom is 0.228 e. The zero-order valence-electron chi connectivity index (χ0n) is 13.9. The molecule has 2 atom stereocenters. The maximum atomic E-state index is 12.5. The van der Waals surface area contributed by atoms with Crippen molar-refractivity contribution in [1.82, 2.24) is 0 Å². The summed E-state index contributed by atoms with van der Waals surface area (Å²) < 4.78 is 5.21. The van der Waals surface area contributed by atoms with E-state index >= 15 is 0 Å². The number of alkyl halides is 1. The van der Waals surface area contributed by atoms with Gasteiger partial charge in [-0.25, -0.2) is 0 Å². The first-order chi connectivity index (χ1) is 12.1. The Morgan fingerprint density at radius 1 is 1.28 bits per heavy atom. The molecule has 1 aliphatic rings. The number of fused-ring (bicyclic) bond motifs is 1. The second-order valence-electron chi connectivity index (χ2n) is 5.79. The van der Waals surface area contributed by atoms with E-state index in [0.29, 0.717) is 0 Å². The number of rotatable bonds is 4. The molecule has 0 radical (unpaired) electrons. The quantitative estimate of drug-likeness (QED) is 0.822. The number of carbonyl (C=O) groups excluding carboxylic acids is 1. The number of ether oxygens (including phenoxy) is 1. The van der Waals surface area contributed by atoms with Crippen LogP contribution in [0.5, 0.6) is 5.75 Å². The summed E-state index contributed by atoms with van der Waals surface area (Å²) in [5.41, 5.74) is 1.83. The van der Waals surface area contributed by atoms with Crippen LogP contribution in [0.3, 0.4) is 0 Å². The topological polar surface area (TPSA) is 49.8 Å². The highest BCUT2D eigenvalue weighted by molar-refractivity contribution is 7.99. The second-order valence-corrected chi connectivity index (χ2v) is 7.35. The Balaban J connectivity index is 1.95. The molecule has 0 bridgehead atoms. The van der Waals surface area contributed by atoms with Crippen molar-refractivity contribution in [2.45, 2.75) is 22.7 Å². The van der Waals surface area contributed by atoms with Crippen LogP contribution in [0.4, 0.5) is 5.69 Å². The number of methoxy groups -OCH3 is 1. The van der Waals surface area contributed by atoms with Crippen LogP contribution in [0.25, 0.3) is 0 Å². The van der Waals surface area contributed by atoms with E-state index in [1.165, 1.54) is 0 Å². The monoisotopic (exact) mass is 377 g/mol. The molecule has 0 spiro atoms. The van der Waals surface area contributed by atoms with Crippen molar-refractivity contribution in [2.75, 3.05) is 24.4 Å². The van der Waals surface area contributed by atoms with Crippen molar-refractivity contribution in [3.05, 3.63) is 54.1 Å². The number of carbonyl (C=O) groups is 1. The number of benzene rings is 2. The molecule has 0 saturated heterocycles. The summed E-state index contributed by atoms with van der Waals surface area (Å²) in [6, 6.07) is 15.4. The van der Waals surface area contributed by atoms with Gasteiger partial charge in [-0.3, -0.25) is 4.79 Å². The summed E-state index contributed by atoms with van der Waals surface area (Å²) in [4.78, 5) is 15.1. The van der Waals surface area contributed by atoms with Gasteiger partial charge >= 0.3 is 0 Å². The third kappa shape index (κ3) is 3.94. The van der Waals surface area contributed by atoms with Gasteiger partial charge in [0.05, 0.1) is 30.7 Å². The maximum absolute atomic E-state index is 12.5. The molecule has 0 aromatic heterocycles.